The smallest absolute Gasteiger partial charge is 0.314 e. The van der Waals surface area contributed by atoms with Crippen molar-refractivity contribution in [2.24, 2.45) is 11.3 Å². The molecule has 0 saturated carbocycles. The highest BCUT2D eigenvalue weighted by atomic mass is 16.5. The summed E-state index contributed by atoms with van der Waals surface area (Å²) in [4.78, 5) is 23.2. The van der Waals surface area contributed by atoms with Crippen molar-refractivity contribution in [2.45, 2.75) is 52.4 Å². The maximum atomic E-state index is 12.5. The number of esters is 1. The van der Waals surface area contributed by atoms with Crippen LogP contribution in [0.5, 0.6) is 5.75 Å². The number of carbonyl (C=O) groups excluding carboxylic acids is 2. The van der Waals surface area contributed by atoms with Crippen molar-refractivity contribution in [3.05, 3.63) is 41.0 Å². The number of hydrogen-bond donors (Lipinski definition) is 0. The van der Waals surface area contributed by atoms with Crippen molar-refractivity contribution in [2.75, 3.05) is 0 Å². The summed E-state index contributed by atoms with van der Waals surface area (Å²) >= 11 is 0. The lowest BCUT2D eigenvalue weighted by atomic mass is 9.66. The summed E-state index contributed by atoms with van der Waals surface area (Å²) in [5.74, 6) is 0.330. The van der Waals surface area contributed by atoms with Gasteiger partial charge in [-0.05, 0) is 68.2 Å². The minimum absolute atomic E-state index is 0.0446. The van der Waals surface area contributed by atoms with Crippen molar-refractivity contribution in [3.8, 4) is 5.75 Å². The van der Waals surface area contributed by atoms with E-state index in [0.717, 1.165) is 25.5 Å². The van der Waals surface area contributed by atoms with E-state index in [1.54, 1.807) is 29.8 Å². The van der Waals surface area contributed by atoms with Gasteiger partial charge in [-0.2, -0.15) is 0 Å². The van der Waals surface area contributed by atoms with Gasteiger partial charge in [0.15, 0.2) is 0 Å². The van der Waals surface area contributed by atoms with Gasteiger partial charge >= 0.3 is 5.97 Å². The van der Waals surface area contributed by atoms with Crippen molar-refractivity contribution in [3.63, 3.8) is 0 Å². The summed E-state index contributed by atoms with van der Waals surface area (Å²) in [6, 6.07) is 6.70. The van der Waals surface area contributed by atoms with Gasteiger partial charge < -0.3 is 4.74 Å². The van der Waals surface area contributed by atoms with Gasteiger partial charge in [-0.1, -0.05) is 25.0 Å². The zero-order valence-corrected chi connectivity index (χ0v) is 13.9. The van der Waals surface area contributed by atoms with Crippen LogP contribution in [0, 0.1) is 11.3 Å². The molecule has 0 N–H and O–H groups in total. The highest BCUT2D eigenvalue weighted by Gasteiger charge is 2.36. The molecule has 0 amide bonds. The molecule has 3 nitrogen and oxygen atoms in total. The Balaban J connectivity index is 1.69. The maximum absolute atomic E-state index is 12.5. The number of benzene rings is 1. The fraction of sp³-hybridized carbons (Fsp3) is 0.500. The molecule has 3 rings (SSSR count). The molecule has 2 aliphatic carbocycles. The van der Waals surface area contributed by atoms with Crippen LogP contribution < -0.4 is 4.74 Å². The van der Waals surface area contributed by atoms with Gasteiger partial charge in [0.25, 0.3) is 0 Å². The van der Waals surface area contributed by atoms with E-state index in [9.17, 15) is 9.59 Å². The molecule has 122 valence electrons. The lowest BCUT2D eigenvalue weighted by Crippen LogP contribution is -2.30. The first-order valence-corrected chi connectivity index (χ1v) is 8.48. The standard InChI is InChI=1S/C20H24O3/c1-20(2)11-3-4-15-7-8-16(12-18(15)20)19(22)23-17-9-5-14(13-21)6-10-17/h5-6,9-10,13,16H,3-4,7-8,11-12H2,1-2H3. The maximum Gasteiger partial charge on any atom is 0.314 e. The van der Waals surface area contributed by atoms with E-state index in [1.807, 2.05) is 0 Å². The molecular formula is C20H24O3. The van der Waals surface area contributed by atoms with Gasteiger partial charge in [0.05, 0.1) is 5.92 Å². The fourth-order valence-corrected chi connectivity index (χ4v) is 3.93. The first-order valence-electron chi connectivity index (χ1n) is 8.48. The van der Waals surface area contributed by atoms with Gasteiger partial charge in [0.2, 0.25) is 0 Å². The number of allylic oxidation sites excluding steroid dienone is 2. The van der Waals surface area contributed by atoms with Crippen LogP contribution in [0.2, 0.25) is 0 Å². The molecule has 0 fully saturated rings. The van der Waals surface area contributed by atoms with Crippen LogP contribution >= 0.6 is 0 Å². The Morgan fingerprint density at radius 1 is 1.22 bits per heavy atom. The Morgan fingerprint density at radius 2 is 1.96 bits per heavy atom. The zero-order valence-electron chi connectivity index (χ0n) is 13.9. The number of hydrogen-bond acceptors (Lipinski definition) is 3. The highest BCUT2D eigenvalue weighted by Crippen LogP contribution is 2.47. The Morgan fingerprint density at radius 3 is 2.65 bits per heavy atom. The van der Waals surface area contributed by atoms with E-state index in [2.05, 4.69) is 13.8 Å². The average molecular weight is 312 g/mol. The van der Waals surface area contributed by atoms with Crippen LogP contribution in [-0.4, -0.2) is 12.3 Å². The van der Waals surface area contributed by atoms with E-state index in [1.165, 1.54) is 24.8 Å². The predicted octanol–water partition coefficient (Wildman–Crippen LogP) is 4.71. The molecule has 0 radical (unpaired) electrons. The van der Waals surface area contributed by atoms with Crippen LogP contribution in [0.15, 0.2) is 35.4 Å². The first kappa shape index (κ1) is 16.0. The van der Waals surface area contributed by atoms with Crippen LogP contribution in [0.25, 0.3) is 0 Å². The summed E-state index contributed by atoms with van der Waals surface area (Å²) < 4.78 is 5.52. The second-order valence-corrected chi connectivity index (χ2v) is 7.37. The molecule has 1 aromatic rings. The Bertz CT molecular complexity index is 637. The van der Waals surface area contributed by atoms with E-state index in [0.29, 0.717) is 11.3 Å². The van der Waals surface area contributed by atoms with E-state index in [4.69, 9.17) is 4.74 Å². The monoisotopic (exact) mass is 312 g/mol. The van der Waals surface area contributed by atoms with Gasteiger partial charge in [0.1, 0.15) is 12.0 Å². The second-order valence-electron chi connectivity index (χ2n) is 7.37. The molecule has 2 aliphatic rings. The summed E-state index contributed by atoms with van der Waals surface area (Å²) in [5, 5.41) is 0. The van der Waals surface area contributed by atoms with Crippen molar-refractivity contribution < 1.29 is 14.3 Å². The Hall–Kier alpha value is -1.90. The Kier molecular flexibility index (Phi) is 4.38. The molecule has 23 heavy (non-hydrogen) atoms. The molecule has 1 atom stereocenters. The number of rotatable bonds is 3. The molecule has 0 aromatic heterocycles. The molecular weight excluding hydrogens is 288 g/mol. The molecule has 0 saturated heterocycles. The summed E-state index contributed by atoms with van der Waals surface area (Å²) in [7, 11) is 0. The first-order chi connectivity index (χ1) is 11.0. The fourth-order valence-electron chi connectivity index (χ4n) is 3.93. The molecule has 1 aromatic carbocycles. The van der Waals surface area contributed by atoms with Crippen molar-refractivity contribution >= 4 is 12.3 Å². The normalized spacial score (nSPS) is 23.1. The second kappa shape index (κ2) is 6.31. The zero-order chi connectivity index (χ0) is 16.4. The third-order valence-corrected chi connectivity index (χ3v) is 5.34. The summed E-state index contributed by atoms with van der Waals surface area (Å²) in [6.45, 7) is 4.60. The van der Waals surface area contributed by atoms with Gasteiger partial charge in [-0.3, -0.25) is 9.59 Å². The van der Waals surface area contributed by atoms with E-state index < -0.39 is 0 Å². The summed E-state index contributed by atoms with van der Waals surface area (Å²) in [6.07, 6.45) is 7.22. The highest BCUT2D eigenvalue weighted by molar-refractivity contribution is 5.77. The molecule has 3 heteroatoms. The van der Waals surface area contributed by atoms with Crippen LogP contribution in [0.4, 0.5) is 0 Å². The lowest BCUT2D eigenvalue weighted by Gasteiger charge is -2.40. The molecule has 0 spiro atoms. The summed E-state index contributed by atoms with van der Waals surface area (Å²) in [5.41, 5.74) is 3.88. The van der Waals surface area contributed by atoms with Gasteiger partial charge in [0, 0.05) is 5.56 Å². The number of ether oxygens (including phenoxy) is 1. The number of carbonyl (C=O) groups is 2. The predicted molar refractivity (Wildman–Crippen MR) is 89.5 cm³/mol. The quantitative estimate of drug-likeness (QED) is 0.351. The van der Waals surface area contributed by atoms with Gasteiger partial charge in [-0.25, -0.2) is 0 Å². The Labute approximate surface area is 137 Å². The number of aldehydes is 1. The van der Waals surface area contributed by atoms with E-state index >= 15 is 0 Å². The van der Waals surface area contributed by atoms with Crippen molar-refractivity contribution in [1.29, 1.82) is 0 Å². The third-order valence-electron chi connectivity index (χ3n) is 5.34. The minimum Gasteiger partial charge on any atom is -0.426 e. The molecule has 0 heterocycles. The minimum atomic E-state index is -0.142. The molecule has 0 bridgehead atoms. The van der Waals surface area contributed by atoms with Gasteiger partial charge in [-0.15, -0.1) is 0 Å². The van der Waals surface area contributed by atoms with Crippen LogP contribution in [0.1, 0.15) is 62.7 Å². The van der Waals surface area contributed by atoms with Crippen LogP contribution in [-0.2, 0) is 4.79 Å². The SMILES string of the molecule is CC1(C)CCCC2=C1CC(C(=O)Oc1ccc(C=O)cc1)CC2. The van der Waals surface area contributed by atoms with Crippen LogP contribution in [0.3, 0.4) is 0 Å². The average Bonchev–Trinajstić information content (AvgIpc) is 2.55. The largest absolute Gasteiger partial charge is 0.426 e. The van der Waals surface area contributed by atoms with Crippen molar-refractivity contribution in [1.82, 2.24) is 0 Å². The van der Waals surface area contributed by atoms with E-state index in [-0.39, 0.29) is 17.3 Å². The third kappa shape index (κ3) is 3.39. The molecule has 0 aliphatic heterocycles. The lowest BCUT2D eigenvalue weighted by molar-refractivity contribution is -0.139. The molecule has 1 unspecified atom stereocenters. The topological polar surface area (TPSA) is 43.4 Å².